The highest BCUT2D eigenvalue weighted by atomic mass is 16.5. The summed E-state index contributed by atoms with van der Waals surface area (Å²) in [6, 6.07) is 13.8. The number of hydrogen-bond acceptors (Lipinski definition) is 2. The molecule has 4 heteroatoms. The third kappa shape index (κ3) is 2.25. The lowest BCUT2D eigenvalue weighted by Gasteiger charge is -2.14. The summed E-state index contributed by atoms with van der Waals surface area (Å²) in [7, 11) is 1.58. The smallest absolute Gasteiger partial charge is 0.340 e. The maximum atomic E-state index is 12.1. The Balaban J connectivity index is 2.30. The fourth-order valence-corrected chi connectivity index (χ4v) is 1.56. The quantitative estimate of drug-likeness (QED) is 0.579. The number of nitrogens with zero attached hydrogens (tertiary/aromatic N) is 2. The van der Waals surface area contributed by atoms with Gasteiger partial charge in [0.25, 0.3) is 5.82 Å². The second-order valence-corrected chi connectivity index (χ2v) is 3.61. The molecule has 0 N–H and O–H groups in total. The number of carbonyl (C=O) groups excluding carboxylic acids is 1. The molecule has 2 aromatic rings. The molecule has 1 aromatic carbocycles. The van der Waals surface area contributed by atoms with Crippen molar-refractivity contribution in [3.05, 3.63) is 65.5 Å². The van der Waals surface area contributed by atoms with Gasteiger partial charge in [0.1, 0.15) is 0 Å². The van der Waals surface area contributed by atoms with Gasteiger partial charge in [-0.2, -0.15) is 4.90 Å². The lowest BCUT2D eigenvalue weighted by atomic mass is 10.2. The molecule has 86 valence electrons. The van der Waals surface area contributed by atoms with Crippen LogP contribution in [0.25, 0.3) is 0 Å². The van der Waals surface area contributed by atoms with E-state index >= 15 is 0 Å². The highest BCUT2D eigenvalue weighted by Gasteiger charge is 2.21. The SMILES string of the molecule is CN(C(=O)c1ccccc1)c1cccc[n+]1[O-]. The van der Waals surface area contributed by atoms with Crippen molar-refractivity contribution in [1.29, 1.82) is 0 Å². The van der Waals surface area contributed by atoms with Crippen molar-refractivity contribution in [2.75, 3.05) is 11.9 Å². The average Bonchev–Trinajstić information content (AvgIpc) is 2.39. The van der Waals surface area contributed by atoms with Crippen LogP contribution in [0.2, 0.25) is 0 Å². The van der Waals surface area contributed by atoms with E-state index in [1.807, 2.05) is 6.07 Å². The van der Waals surface area contributed by atoms with Crippen LogP contribution in [0.3, 0.4) is 0 Å². The highest BCUT2D eigenvalue weighted by molar-refractivity contribution is 6.04. The Morgan fingerprint density at radius 2 is 1.76 bits per heavy atom. The molecule has 0 saturated heterocycles. The first kappa shape index (κ1) is 11.1. The molecule has 0 bridgehead atoms. The number of rotatable bonds is 2. The first-order valence-electron chi connectivity index (χ1n) is 5.21. The summed E-state index contributed by atoms with van der Waals surface area (Å²) in [5, 5.41) is 11.5. The van der Waals surface area contributed by atoms with E-state index in [1.54, 1.807) is 49.5 Å². The van der Waals surface area contributed by atoms with Gasteiger partial charge in [0.15, 0.2) is 0 Å². The number of aromatic nitrogens is 1. The van der Waals surface area contributed by atoms with Crippen LogP contribution in [-0.4, -0.2) is 13.0 Å². The van der Waals surface area contributed by atoms with Crippen LogP contribution >= 0.6 is 0 Å². The van der Waals surface area contributed by atoms with Crippen LogP contribution in [0, 0.1) is 5.21 Å². The molecule has 0 aliphatic carbocycles. The Hall–Kier alpha value is -2.36. The minimum absolute atomic E-state index is 0.207. The molecular weight excluding hydrogens is 216 g/mol. The number of pyridine rings is 1. The van der Waals surface area contributed by atoms with Gasteiger partial charge in [0.2, 0.25) is 0 Å². The Kier molecular flexibility index (Phi) is 3.05. The number of amides is 1. The zero-order chi connectivity index (χ0) is 12.3. The van der Waals surface area contributed by atoms with E-state index in [0.717, 1.165) is 0 Å². The molecule has 0 saturated carbocycles. The number of benzene rings is 1. The van der Waals surface area contributed by atoms with Crippen LogP contribution in [0.4, 0.5) is 5.82 Å². The molecule has 0 radical (unpaired) electrons. The number of anilines is 1. The van der Waals surface area contributed by atoms with Crippen molar-refractivity contribution in [3.63, 3.8) is 0 Å². The van der Waals surface area contributed by atoms with Gasteiger partial charge in [-0.3, -0.25) is 0 Å². The minimum atomic E-state index is -0.207. The van der Waals surface area contributed by atoms with Gasteiger partial charge in [-0.1, -0.05) is 24.3 Å². The van der Waals surface area contributed by atoms with E-state index < -0.39 is 0 Å². The van der Waals surface area contributed by atoms with Crippen LogP contribution in [0.1, 0.15) is 10.4 Å². The van der Waals surface area contributed by atoms with E-state index in [4.69, 9.17) is 0 Å². The fraction of sp³-hybridized carbons (Fsp3) is 0.0769. The van der Waals surface area contributed by atoms with Crippen LogP contribution in [0.15, 0.2) is 54.7 Å². The summed E-state index contributed by atoms with van der Waals surface area (Å²) >= 11 is 0. The van der Waals surface area contributed by atoms with E-state index in [2.05, 4.69) is 0 Å². The summed E-state index contributed by atoms with van der Waals surface area (Å²) in [6.45, 7) is 0. The van der Waals surface area contributed by atoms with Crippen molar-refractivity contribution < 1.29 is 9.52 Å². The first-order valence-corrected chi connectivity index (χ1v) is 5.21. The molecule has 0 spiro atoms. The molecule has 4 nitrogen and oxygen atoms in total. The zero-order valence-corrected chi connectivity index (χ0v) is 9.41. The Morgan fingerprint density at radius 3 is 2.41 bits per heavy atom. The predicted molar refractivity (Wildman–Crippen MR) is 64.6 cm³/mol. The van der Waals surface area contributed by atoms with Gasteiger partial charge in [0.05, 0.1) is 18.8 Å². The topological polar surface area (TPSA) is 47.2 Å². The van der Waals surface area contributed by atoms with Gasteiger partial charge in [-0.25, -0.2) is 9.52 Å². The fourth-order valence-electron chi connectivity index (χ4n) is 1.56. The van der Waals surface area contributed by atoms with E-state index in [-0.39, 0.29) is 5.91 Å². The second kappa shape index (κ2) is 4.65. The summed E-state index contributed by atoms with van der Waals surface area (Å²) < 4.78 is 0.668. The van der Waals surface area contributed by atoms with Crippen LogP contribution in [-0.2, 0) is 0 Å². The molecular formula is C13H12N2O2. The number of hydrogen-bond donors (Lipinski definition) is 0. The molecule has 2 rings (SSSR count). The standard InChI is InChI=1S/C13H12N2O2/c1-14(12-9-5-6-10-15(12)17)13(16)11-7-3-2-4-8-11/h2-10H,1H3. The Bertz CT molecular complexity index is 526. The van der Waals surface area contributed by atoms with E-state index in [0.29, 0.717) is 16.1 Å². The zero-order valence-electron chi connectivity index (χ0n) is 9.41. The summed E-state index contributed by atoms with van der Waals surface area (Å²) in [5.41, 5.74) is 0.554. The molecule has 0 aliphatic rings. The summed E-state index contributed by atoms with van der Waals surface area (Å²) in [6.07, 6.45) is 1.37. The maximum Gasteiger partial charge on any atom is 0.340 e. The van der Waals surface area contributed by atoms with Crippen LogP contribution < -0.4 is 9.63 Å². The maximum absolute atomic E-state index is 12.1. The molecule has 0 unspecified atom stereocenters. The molecule has 1 amide bonds. The molecule has 0 fully saturated rings. The van der Waals surface area contributed by atoms with Gasteiger partial charge < -0.3 is 5.21 Å². The third-order valence-corrected chi connectivity index (χ3v) is 2.47. The Morgan fingerprint density at radius 1 is 1.12 bits per heavy atom. The number of carbonyl (C=O) groups is 1. The molecule has 0 atom stereocenters. The molecule has 17 heavy (non-hydrogen) atoms. The van der Waals surface area contributed by atoms with Crippen molar-refractivity contribution in [2.45, 2.75) is 0 Å². The van der Waals surface area contributed by atoms with Gasteiger partial charge >= 0.3 is 5.91 Å². The van der Waals surface area contributed by atoms with Crippen LogP contribution in [0.5, 0.6) is 0 Å². The molecule has 1 aromatic heterocycles. The second-order valence-electron chi connectivity index (χ2n) is 3.61. The molecule has 1 heterocycles. The van der Waals surface area contributed by atoms with Crippen molar-refractivity contribution >= 4 is 11.7 Å². The van der Waals surface area contributed by atoms with Gasteiger partial charge in [-0.05, 0) is 18.2 Å². The van der Waals surface area contributed by atoms with Crippen molar-refractivity contribution in [3.8, 4) is 0 Å². The van der Waals surface area contributed by atoms with E-state index in [9.17, 15) is 10.0 Å². The largest absolute Gasteiger partial charge is 0.711 e. The van der Waals surface area contributed by atoms with Gasteiger partial charge in [-0.15, -0.1) is 0 Å². The third-order valence-electron chi connectivity index (χ3n) is 2.47. The minimum Gasteiger partial charge on any atom is -0.711 e. The molecule has 0 aliphatic heterocycles. The van der Waals surface area contributed by atoms with Gasteiger partial charge in [0, 0.05) is 6.07 Å². The first-order chi connectivity index (χ1) is 8.20. The lowest BCUT2D eigenvalue weighted by molar-refractivity contribution is -0.591. The monoisotopic (exact) mass is 228 g/mol. The lowest BCUT2D eigenvalue weighted by Crippen LogP contribution is -2.38. The van der Waals surface area contributed by atoms with Crippen molar-refractivity contribution in [1.82, 2.24) is 0 Å². The summed E-state index contributed by atoms with van der Waals surface area (Å²) in [4.78, 5) is 13.4. The van der Waals surface area contributed by atoms with E-state index in [1.165, 1.54) is 11.1 Å². The normalized spacial score (nSPS) is 9.94. The van der Waals surface area contributed by atoms with Crippen molar-refractivity contribution in [2.24, 2.45) is 0 Å². The summed E-state index contributed by atoms with van der Waals surface area (Å²) in [5.74, 6) is 0.0998. The highest BCUT2D eigenvalue weighted by Crippen LogP contribution is 2.10. The predicted octanol–water partition coefficient (Wildman–Crippen LogP) is 1.60. The average molecular weight is 228 g/mol. The Labute approximate surface area is 99.3 Å².